The molecule has 0 saturated heterocycles. The quantitative estimate of drug-likeness (QED) is 0.421. The van der Waals surface area contributed by atoms with Crippen molar-refractivity contribution in [2.24, 2.45) is 4.99 Å². The van der Waals surface area contributed by atoms with E-state index in [1.54, 1.807) is 25.1 Å². The number of aliphatic imine (C=N–C) groups is 1. The standard InChI is InChI=1S/C28H26FNO2/c1-2-32-27(31)28(20-19-26(30-28)23-15-9-10-16-25(23)29)24(22-13-7-4-8-14-22)18-17-21-11-5-3-6-12-21/h3-18,24H,2,19-20H2,1H3/b18-17+/t24-,28-/m0/s1. The molecular weight excluding hydrogens is 401 g/mol. The fourth-order valence-corrected chi connectivity index (χ4v) is 4.29. The lowest BCUT2D eigenvalue weighted by atomic mass is 9.77. The van der Waals surface area contributed by atoms with Gasteiger partial charge in [0.15, 0.2) is 5.54 Å². The van der Waals surface area contributed by atoms with Crippen LogP contribution in [0.5, 0.6) is 0 Å². The molecule has 3 nitrogen and oxygen atoms in total. The Labute approximate surface area is 188 Å². The maximum Gasteiger partial charge on any atom is 0.334 e. The van der Waals surface area contributed by atoms with Gasteiger partial charge < -0.3 is 4.74 Å². The summed E-state index contributed by atoms with van der Waals surface area (Å²) in [5, 5.41) is 0. The summed E-state index contributed by atoms with van der Waals surface area (Å²) < 4.78 is 20.0. The molecule has 4 heteroatoms. The summed E-state index contributed by atoms with van der Waals surface area (Å²) in [5.41, 5.74) is 1.89. The van der Waals surface area contributed by atoms with Crippen molar-refractivity contribution in [3.63, 3.8) is 0 Å². The normalized spacial score (nSPS) is 19.0. The molecule has 1 aliphatic rings. The first-order valence-corrected chi connectivity index (χ1v) is 10.9. The molecule has 32 heavy (non-hydrogen) atoms. The highest BCUT2D eigenvalue weighted by molar-refractivity contribution is 6.05. The molecule has 0 amide bonds. The van der Waals surface area contributed by atoms with E-state index in [0.717, 1.165) is 11.1 Å². The van der Waals surface area contributed by atoms with Gasteiger partial charge in [-0.2, -0.15) is 0 Å². The Morgan fingerprint density at radius 2 is 1.69 bits per heavy atom. The lowest BCUT2D eigenvalue weighted by Gasteiger charge is -2.31. The summed E-state index contributed by atoms with van der Waals surface area (Å²) in [6.45, 7) is 2.05. The Hall–Kier alpha value is -3.53. The van der Waals surface area contributed by atoms with Crippen LogP contribution >= 0.6 is 0 Å². The highest BCUT2D eigenvalue weighted by Gasteiger charge is 2.50. The lowest BCUT2D eigenvalue weighted by Crippen LogP contribution is -2.42. The predicted molar refractivity (Wildman–Crippen MR) is 126 cm³/mol. The zero-order chi connectivity index (χ0) is 22.4. The number of carbonyl (C=O) groups excluding carboxylic acids is 1. The molecule has 3 aromatic rings. The molecule has 2 atom stereocenters. The van der Waals surface area contributed by atoms with Crippen molar-refractivity contribution in [2.45, 2.75) is 31.2 Å². The second-order valence-corrected chi connectivity index (χ2v) is 7.84. The Morgan fingerprint density at radius 1 is 1.03 bits per heavy atom. The number of hydrogen-bond donors (Lipinski definition) is 0. The zero-order valence-electron chi connectivity index (χ0n) is 18.1. The largest absolute Gasteiger partial charge is 0.464 e. The van der Waals surface area contributed by atoms with E-state index in [-0.39, 0.29) is 24.3 Å². The number of benzene rings is 3. The van der Waals surface area contributed by atoms with E-state index in [9.17, 15) is 9.18 Å². The predicted octanol–water partition coefficient (Wildman–Crippen LogP) is 6.21. The molecule has 0 N–H and O–H groups in total. The third-order valence-corrected chi connectivity index (χ3v) is 5.84. The molecule has 0 unspecified atom stereocenters. The van der Waals surface area contributed by atoms with Crippen molar-refractivity contribution in [1.29, 1.82) is 0 Å². The zero-order valence-corrected chi connectivity index (χ0v) is 18.1. The Morgan fingerprint density at radius 3 is 2.38 bits per heavy atom. The molecule has 4 rings (SSSR count). The molecule has 0 spiro atoms. The maximum absolute atomic E-state index is 14.5. The fourth-order valence-electron chi connectivity index (χ4n) is 4.29. The Kier molecular flexibility index (Phi) is 6.60. The molecule has 0 saturated carbocycles. The SMILES string of the molecule is CCOC(=O)[C@@]1([C@@H](/C=C/c2ccccc2)c2ccccc2)CCC(c2ccccc2F)=N1. The van der Waals surface area contributed by atoms with Crippen LogP contribution in [0.1, 0.15) is 42.4 Å². The highest BCUT2D eigenvalue weighted by Crippen LogP contribution is 2.43. The van der Waals surface area contributed by atoms with E-state index in [1.165, 1.54) is 6.07 Å². The van der Waals surface area contributed by atoms with Gasteiger partial charge in [-0.05, 0) is 37.0 Å². The van der Waals surface area contributed by atoms with Crippen LogP contribution in [0.25, 0.3) is 6.08 Å². The topological polar surface area (TPSA) is 38.7 Å². The summed E-state index contributed by atoms with van der Waals surface area (Å²) in [5.74, 6) is -1.06. The second-order valence-electron chi connectivity index (χ2n) is 7.84. The first kappa shape index (κ1) is 21.7. The van der Waals surface area contributed by atoms with Crippen molar-refractivity contribution in [2.75, 3.05) is 6.61 Å². The van der Waals surface area contributed by atoms with Crippen LogP contribution in [0.2, 0.25) is 0 Å². The van der Waals surface area contributed by atoms with Crippen LogP contribution in [0.15, 0.2) is 96.0 Å². The van der Waals surface area contributed by atoms with E-state index in [1.807, 2.05) is 72.8 Å². The van der Waals surface area contributed by atoms with Crippen molar-refractivity contribution in [3.8, 4) is 0 Å². The molecule has 162 valence electrons. The molecule has 0 fully saturated rings. The molecule has 1 heterocycles. The Balaban J connectivity index is 1.84. The van der Waals surface area contributed by atoms with E-state index in [0.29, 0.717) is 24.1 Å². The van der Waals surface area contributed by atoms with Crippen LogP contribution < -0.4 is 0 Å². The number of hydrogen-bond acceptors (Lipinski definition) is 3. The minimum absolute atomic E-state index is 0.259. The number of halogens is 1. The number of rotatable bonds is 7. The summed E-state index contributed by atoms with van der Waals surface area (Å²) in [7, 11) is 0. The first-order chi connectivity index (χ1) is 15.6. The number of nitrogens with zero attached hydrogens (tertiary/aromatic N) is 1. The van der Waals surface area contributed by atoms with Crippen LogP contribution in [0, 0.1) is 5.82 Å². The first-order valence-electron chi connectivity index (χ1n) is 10.9. The van der Waals surface area contributed by atoms with Crippen molar-refractivity contribution in [3.05, 3.63) is 114 Å². The van der Waals surface area contributed by atoms with E-state index in [4.69, 9.17) is 9.73 Å². The second kappa shape index (κ2) is 9.73. The molecule has 3 aromatic carbocycles. The van der Waals surface area contributed by atoms with Gasteiger partial charge in [0.25, 0.3) is 0 Å². The van der Waals surface area contributed by atoms with Crippen molar-refractivity contribution in [1.82, 2.24) is 0 Å². The molecule has 1 aliphatic heterocycles. The maximum atomic E-state index is 14.5. The van der Waals surface area contributed by atoms with E-state index >= 15 is 0 Å². The van der Waals surface area contributed by atoms with Crippen LogP contribution in [-0.2, 0) is 9.53 Å². The number of esters is 1. The van der Waals surface area contributed by atoms with Crippen LogP contribution in [0.4, 0.5) is 4.39 Å². The van der Waals surface area contributed by atoms with Gasteiger partial charge in [0.2, 0.25) is 0 Å². The summed E-state index contributed by atoms with van der Waals surface area (Å²) >= 11 is 0. The molecular formula is C28H26FNO2. The molecule has 0 bridgehead atoms. The third-order valence-electron chi connectivity index (χ3n) is 5.84. The molecule has 0 radical (unpaired) electrons. The van der Waals surface area contributed by atoms with Gasteiger partial charge in [0, 0.05) is 17.2 Å². The van der Waals surface area contributed by atoms with Crippen molar-refractivity contribution < 1.29 is 13.9 Å². The van der Waals surface area contributed by atoms with Gasteiger partial charge in [-0.15, -0.1) is 0 Å². The Bertz CT molecular complexity index is 1120. The smallest absolute Gasteiger partial charge is 0.334 e. The average molecular weight is 428 g/mol. The third kappa shape index (κ3) is 4.40. The van der Waals surface area contributed by atoms with Gasteiger partial charge in [-0.1, -0.05) is 91.0 Å². The monoisotopic (exact) mass is 427 g/mol. The van der Waals surface area contributed by atoms with Crippen LogP contribution in [0.3, 0.4) is 0 Å². The van der Waals surface area contributed by atoms with Gasteiger partial charge in [0.1, 0.15) is 5.82 Å². The van der Waals surface area contributed by atoms with Gasteiger partial charge in [0.05, 0.1) is 6.61 Å². The van der Waals surface area contributed by atoms with Gasteiger partial charge in [-0.3, -0.25) is 4.99 Å². The fraction of sp³-hybridized carbons (Fsp3) is 0.214. The summed E-state index contributed by atoms with van der Waals surface area (Å²) in [4.78, 5) is 18.3. The van der Waals surface area contributed by atoms with Crippen LogP contribution in [-0.4, -0.2) is 23.8 Å². The van der Waals surface area contributed by atoms with Crippen molar-refractivity contribution >= 4 is 17.8 Å². The van der Waals surface area contributed by atoms with E-state index < -0.39 is 5.54 Å². The van der Waals surface area contributed by atoms with Gasteiger partial charge >= 0.3 is 5.97 Å². The average Bonchev–Trinajstić information content (AvgIpc) is 3.27. The molecule has 0 aliphatic carbocycles. The minimum atomic E-state index is -1.15. The van der Waals surface area contributed by atoms with E-state index in [2.05, 4.69) is 0 Å². The summed E-state index contributed by atoms with van der Waals surface area (Å²) in [6, 6.07) is 26.4. The lowest BCUT2D eigenvalue weighted by molar-refractivity contribution is -0.150. The van der Waals surface area contributed by atoms with Gasteiger partial charge in [-0.25, -0.2) is 9.18 Å². The number of carbonyl (C=O) groups is 1. The highest BCUT2D eigenvalue weighted by atomic mass is 19.1. The molecule has 0 aromatic heterocycles. The number of ether oxygens (including phenoxy) is 1. The minimum Gasteiger partial charge on any atom is -0.464 e. The summed E-state index contributed by atoms with van der Waals surface area (Å²) in [6.07, 6.45) is 4.99.